The minimum absolute atomic E-state index is 0.00320. The van der Waals surface area contributed by atoms with Gasteiger partial charge in [0, 0.05) is 21.4 Å². The van der Waals surface area contributed by atoms with Crippen molar-refractivity contribution in [3.8, 4) is 28.1 Å². The fourth-order valence-electron chi connectivity index (χ4n) is 5.23. The number of carbonyl (C=O) groups is 2. The molecule has 0 saturated carbocycles. The summed E-state index contributed by atoms with van der Waals surface area (Å²) in [5.74, 6) is -0.0489. The van der Waals surface area contributed by atoms with Gasteiger partial charge in [0.05, 0.1) is 29.5 Å². The predicted octanol–water partition coefficient (Wildman–Crippen LogP) is 9.84. The third-order valence-corrected chi connectivity index (χ3v) is 8.48. The molecular weight excluding hydrogens is 580 g/mol. The molecule has 0 atom stereocenters. The van der Waals surface area contributed by atoms with Gasteiger partial charge >= 0.3 is 5.97 Å². The van der Waals surface area contributed by atoms with Crippen molar-refractivity contribution in [2.24, 2.45) is 0 Å². The van der Waals surface area contributed by atoms with Crippen LogP contribution in [0.4, 0.5) is 5.00 Å². The quantitative estimate of drug-likeness (QED) is 0.166. The van der Waals surface area contributed by atoms with E-state index in [1.54, 1.807) is 6.07 Å². The molecule has 0 radical (unpaired) electrons. The Morgan fingerprint density at radius 3 is 2.36 bits per heavy atom. The number of carbonyl (C=O) groups excluding carboxylic acids is 2. The zero-order chi connectivity index (χ0) is 32.3. The number of nitrogens with zero attached hydrogens (tertiary/aromatic N) is 1. The fourth-order valence-corrected chi connectivity index (χ4v) is 6.29. The molecule has 2 heterocycles. The molecule has 0 aliphatic heterocycles. The number of amides is 1. The van der Waals surface area contributed by atoms with Gasteiger partial charge in [0.15, 0.2) is 0 Å². The lowest BCUT2D eigenvalue weighted by Gasteiger charge is -2.19. The number of fused-ring (bicyclic) bond motifs is 1. The lowest BCUT2D eigenvalue weighted by atomic mass is 9.86. The minimum atomic E-state index is -0.469. The van der Waals surface area contributed by atoms with Crippen LogP contribution in [0.5, 0.6) is 5.75 Å². The molecule has 0 saturated heterocycles. The van der Waals surface area contributed by atoms with Crippen molar-refractivity contribution in [1.29, 1.82) is 0 Å². The summed E-state index contributed by atoms with van der Waals surface area (Å²) in [7, 11) is 0. The van der Waals surface area contributed by atoms with Gasteiger partial charge in [0.2, 0.25) is 0 Å². The topological polar surface area (TPSA) is 77.5 Å². The van der Waals surface area contributed by atoms with Crippen LogP contribution in [0.15, 0.2) is 78.9 Å². The second-order valence-corrected chi connectivity index (χ2v) is 13.6. The van der Waals surface area contributed by atoms with Gasteiger partial charge in [0.1, 0.15) is 16.3 Å². The summed E-state index contributed by atoms with van der Waals surface area (Å²) in [6.07, 6.45) is 0.586. The Morgan fingerprint density at radius 2 is 1.67 bits per heavy atom. The van der Waals surface area contributed by atoms with Crippen molar-refractivity contribution in [2.45, 2.75) is 66.4 Å². The van der Waals surface area contributed by atoms with Crippen molar-refractivity contribution in [2.75, 3.05) is 11.9 Å². The highest BCUT2D eigenvalue weighted by Crippen LogP contribution is 2.41. The summed E-state index contributed by atoms with van der Waals surface area (Å²) < 4.78 is 11.5. The maximum Gasteiger partial charge on any atom is 0.342 e. The van der Waals surface area contributed by atoms with Gasteiger partial charge in [-0.1, -0.05) is 82.3 Å². The average molecular weight is 621 g/mol. The maximum absolute atomic E-state index is 14.1. The first-order valence-corrected chi connectivity index (χ1v) is 16.2. The van der Waals surface area contributed by atoms with Crippen molar-refractivity contribution in [3.05, 3.63) is 100 Å². The lowest BCUT2D eigenvalue weighted by Crippen LogP contribution is -2.17. The van der Waals surface area contributed by atoms with Crippen molar-refractivity contribution in [1.82, 2.24) is 4.98 Å². The Kier molecular flexibility index (Phi) is 9.40. The molecule has 232 valence electrons. The van der Waals surface area contributed by atoms with Crippen LogP contribution in [-0.4, -0.2) is 29.6 Å². The van der Waals surface area contributed by atoms with Gasteiger partial charge in [-0.05, 0) is 68.0 Å². The molecule has 7 heteroatoms. The SMILES string of the molecule is CCCOc1cccc(-c2cc(C(=O)Nc3sc(C)c(-c4ccc(C(C)(C)C)cc4)c3C(=O)OC(C)C)c3ccccc3n2)c1. The smallest absolute Gasteiger partial charge is 0.342 e. The van der Waals surface area contributed by atoms with Gasteiger partial charge in [-0.25, -0.2) is 9.78 Å². The fraction of sp³-hybridized carbons (Fsp3) is 0.289. The summed E-state index contributed by atoms with van der Waals surface area (Å²) in [5.41, 5.74) is 5.88. The highest BCUT2D eigenvalue weighted by molar-refractivity contribution is 7.17. The highest BCUT2D eigenvalue weighted by atomic mass is 32.1. The van der Waals surface area contributed by atoms with E-state index in [9.17, 15) is 9.59 Å². The molecule has 0 spiro atoms. The van der Waals surface area contributed by atoms with E-state index in [0.29, 0.717) is 33.9 Å². The molecule has 0 aliphatic rings. The van der Waals surface area contributed by atoms with E-state index in [2.05, 4.69) is 45.1 Å². The number of ether oxygens (including phenoxy) is 2. The largest absolute Gasteiger partial charge is 0.494 e. The van der Waals surface area contributed by atoms with Crippen LogP contribution in [0.3, 0.4) is 0 Å². The number of hydrogen-bond acceptors (Lipinski definition) is 6. The van der Waals surface area contributed by atoms with Gasteiger partial charge in [-0.2, -0.15) is 0 Å². The number of hydrogen-bond donors (Lipinski definition) is 1. The predicted molar refractivity (Wildman–Crippen MR) is 185 cm³/mol. The minimum Gasteiger partial charge on any atom is -0.494 e. The Morgan fingerprint density at radius 1 is 0.933 bits per heavy atom. The zero-order valence-corrected chi connectivity index (χ0v) is 27.8. The van der Waals surface area contributed by atoms with Crippen molar-refractivity contribution >= 4 is 39.1 Å². The number of benzene rings is 3. The molecule has 0 fully saturated rings. The van der Waals surface area contributed by atoms with Crippen LogP contribution in [0.2, 0.25) is 0 Å². The number of rotatable bonds is 9. The Labute approximate surface area is 269 Å². The standard InChI is InChI=1S/C38H40N2O4S/c1-8-20-43-28-13-11-12-26(21-28)32-22-30(29-14-9-10-15-31(29)39-32)35(41)40-36-34(37(42)44-23(2)3)33(24(4)45-36)25-16-18-27(19-17-25)38(5,6)7/h9-19,21-23H,8,20H2,1-7H3,(H,40,41). The second kappa shape index (κ2) is 13.2. The number of para-hydroxylation sites is 1. The average Bonchev–Trinajstić information content (AvgIpc) is 3.34. The van der Waals surface area contributed by atoms with Crippen molar-refractivity contribution in [3.63, 3.8) is 0 Å². The highest BCUT2D eigenvalue weighted by Gasteiger charge is 2.27. The Bertz CT molecular complexity index is 1850. The lowest BCUT2D eigenvalue weighted by molar-refractivity contribution is 0.0380. The molecule has 0 bridgehead atoms. The number of thiophene rings is 1. The molecule has 2 aromatic heterocycles. The molecule has 0 unspecified atom stereocenters. The molecule has 6 nitrogen and oxygen atoms in total. The van der Waals surface area contributed by atoms with E-state index >= 15 is 0 Å². The number of nitrogens with one attached hydrogen (secondary N) is 1. The molecular formula is C38H40N2O4S. The van der Waals surface area contributed by atoms with E-state index < -0.39 is 5.97 Å². The molecule has 5 aromatic rings. The Balaban J connectivity index is 1.58. The zero-order valence-electron chi connectivity index (χ0n) is 27.0. The number of pyridine rings is 1. The summed E-state index contributed by atoms with van der Waals surface area (Å²) in [6.45, 7) is 14.8. The van der Waals surface area contributed by atoms with E-state index in [4.69, 9.17) is 14.5 Å². The van der Waals surface area contributed by atoms with Crippen molar-refractivity contribution < 1.29 is 19.1 Å². The monoisotopic (exact) mass is 620 g/mol. The summed E-state index contributed by atoms with van der Waals surface area (Å²) >= 11 is 1.37. The summed E-state index contributed by atoms with van der Waals surface area (Å²) in [6, 6.07) is 25.4. The van der Waals surface area contributed by atoms with E-state index in [1.807, 2.05) is 81.4 Å². The molecule has 5 rings (SSSR count). The number of aryl methyl sites for hydroxylation is 1. The van der Waals surface area contributed by atoms with Gasteiger partial charge in [0.25, 0.3) is 5.91 Å². The van der Waals surface area contributed by atoms with Crippen LogP contribution in [0.1, 0.15) is 79.1 Å². The van der Waals surface area contributed by atoms with Crippen LogP contribution < -0.4 is 10.1 Å². The van der Waals surface area contributed by atoms with Crippen LogP contribution >= 0.6 is 11.3 Å². The Hall–Kier alpha value is -4.49. The first kappa shape index (κ1) is 31.9. The first-order chi connectivity index (χ1) is 21.5. The molecule has 1 N–H and O–H groups in total. The molecule has 3 aromatic carbocycles. The van der Waals surface area contributed by atoms with Crippen LogP contribution in [-0.2, 0) is 10.2 Å². The van der Waals surface area contributed by atoms with Crippen LogP contribution in [0, 0.1) is 6.92 Å². The van der Waals surface area contributed by atoms with E-state index in [-0.39, 0.29) is 17.4 Å². The van der Waals surface area contributed by atoms with Crippen LogP contribution in [0.25, 0.3) is 33.3 Å². The third kappa shape index (κ3) is 7.10. The number of aromatic nitrogens is 1. The molecule has 45 heavy (non-hydrogen) atoms. The normalized spacial score (nSPS) is 11.6. The summed E-state index contributed by atoms with van der Waals surface area (Å²) in [4.78, 5) is 33.5. The maximum atomic E-state index is 14.1. The van der Waals surface area contributed by atoms with E-state index in [0.717, 1.165) is 39.1 Å². The third-order valence-electron chi connectivity index (χ3n) is 7.46. The molecule has 0 aliphatic carbocycles. The second-order valence-electron chi connectivity index (χ2n) is 12.4. The number of anilines is 1. The number of esters is 1. The molecule has 1 amide bonds. The van der Waals surface area contributed by atoms with E-state index in [1.165, 1.54) is 16.9 Å². The summed E-state index contributed by atoms with van der Waals surface area (Å²) in [5, 5.41) is 4.26. The first-order valence-electron chi connectivity index (χ1n) is 15.4. The van der Waals surface area contributed by atoms with Gasteiger partial charge in [-0.3, -0.25) is 4.79 Å². The van der Waals surface area contributed by atoms with Gasteiger partial charge < -0.3 is 14.8 Å². The van der Waals surface area contributed by atoms with Gasteiger partial charge in [-0.15, -0.1) is 11.3 Å².